The normalized spacial score (nSPS) is 14.4. The van der Waals surface area contributed by atoms with Gasteiger partial charge in [-0.2, -0.15) is 0 Å². The predicted molar refractivity (Wildman–Crippen MR) is 170 cm³/mol. The molecule has 7 nitrogen and oxygen atoms in total. The Morgan fingerprint density at radius 2 is 1.60 bits per heavy atom. The third kappa shape index (κ3) is 8.19. The van der Waals surface area contributed by atoms with Crippen molar-refractivity contribution in [3.63, 3.8) is 0 Å². The molecule has 0 radical (unpaired) electrons. The number of amides is 2. The minimum atomic E-state index is -3.92. The Morgan fingerprint density at radius 1 is 0.952 bits per heavy atom. The van der Waals surface area contributed by atoms with Crippen molar-refractivity contribution in [1.29, 1.82) is 0 Å². The second-order valence-electron chi connectivity index (χ2n) is 10.6. The molecule has 224 valence electrons. The van der Waals surface area contributed by atoms with Crippen LogP contribution in [0.2, 0.25) is 15.1 Å². The molecule has 0 saturated heterocycles. The van der Waals surface area contributed by atoms with Crippen molar-refractivity contribution in [1.82, 2.24) is 10.2 Å². The van der Waals surface area contributed by atoms with Gasteiger partial charge in [-0.25, -0.2) is 8.42 Å². The third-order valence-corrected chi connectivity index (χ3v) is 9.55. The highest BCUT2D eigenvalue weighted by atomic mass is 35.5. The van der Waals surface area contributed by atoms with E-state index in [4.69, 9.17) is 34.8 Å². The lowest BCUT2D eigenvalue weighted by Gasteiger charge is -2.34. The first-order valence-corrected chi connectivity index (χ1v) is 16.7. The average molecular weight is 651 g/mol. The van der Waals surface area contributed by atoms with E-state index in [2.05, 4.69) is 5.32 Å². The Hall–Kier alpha value is -2.78. The van der Waals surface area contributed by atoms with Gasteiger partial charge in [-0.15, -0.1) is 0 Å². The van der Waals surface area contributed by atoms with Crippen molar-refractivity contribution in [2.75, 3.05) is 17.1 Å². The molecule has 1 N–H and O–H groups in total. The van der Waals surface area contributed by atoms with Gasteiger partial charge in [0.2, 0.25) is 21.8 Å². The van der Waals surface area contributed by atoms with Gasteiger partial charge in [-0.1, -0.05) is 90.1 Å². The summed E-state index contributed by atoms with van der Waals surface area (Å²) in [6, 6.07) is 18.3. The maximum atomic E-state index is 14.3. The van der Waals surface area contributed by atoms with Crippen LogP contribution in [-0.4, -0.2) is 50.0 Å². The summed E-state index contributed by atoms with van der Waals surface area (Å²) >= 11 is 19.3. The minimum absolute atomic E-state index is 0.0123. The zero-order valence-corrected chi connectivity index (χ0v) is 26.6. The highest BCUT2D eigenvalue weighted by molar-refractivity contribution is 7.92. The maximum absolute atomic E-state index is 14.3. The summed E-state index contributed by atoms with van der Waals surface area (Å²) in [5.74, 6) is -0.898. The first-order chi connectivity index (χ1) is 19.9. The third-order valence-electron chi connectivity index (χ3n) is 7.48. The summed E-state index contributed by atoms with van der Waals surface area (Å²) in [6.45, 7) is 1.09. The first kappa shape index (κ1) is 32.1. The maximum Gasteiger partial charge on any atom is 0.244 e. The van der Waals surface area contributed by atoms with E-state index in [1.807, 2.05) is 30.3 Å². The van der Waals surface area contributed by atoms with Crippen LogP contribution in [0.4, 0.5) is 5.69 Å². The second kappa shape index (κ2) is 14.1. The molecule has 1 aliphatic rings. The quantitative estimate of drug-likeness (QED) is 0.260. The van der Waals surface area contributed by atoms with Gasteiger partial charge in [-0.3, -0.25) is 13.9 Å². The van der Waals surface area contributed by atoms with Gasteiger partial charge in [0.25, 0.3) is 0 Å². The van der Waals surface area contributed by atoms with Crippen molar-refractivity contribution in [3.8, 4) is 0 Å². The number of anilines is 1. The molecule has 0 unspecified atom stereocenters. The first-order valence-electron chi connectivity index (χ1n) is 13.7. The molecule has 1 saturated carbocycles. The zero-order valence-electron chi connectivity index (χ0n) is 23.5. The van der Waals surface area contributed by atoms with Crippen LogP contribution in [0.5, 0.6) is 0 Å². The molecular formula is C31H34Cl3N3O4S. The molecule has 1 fully saturated rings. The lowest BCUT2D eigenvalue weighted by Crippen LogP contribution is -2.54. The van der Waals surface area contributed by atoms with Crippen LogP contribution < -0.4 is 9.62 Å². The van der Waals surface area contributed by atoms with Gasteiger partial charge in [0.1, 0.15) is 12.6 Å². The fraction of sp³-hybridized carbons (Fsp3) is 0.355. The number of carbonyl (C=O) groups excluding carboxylic acids is 2. The second-order valence-corrected chi connectivity index (χ2v) is 13.8. The summed E-state index contributed by atoms with van der Waals surface area (Å²) in [4.78, 5) is 29.6. The van der Waals surface area contributed by atoms with Crippen LogP contribution in [0.25, 0.3) is 0 Å². The smallest absolute Gasteiger partial charge is 0.244 e. The fourth-order valence-corrected chi connectivity index (χ4v) is 6.80. The van der Waals surface area contributed by atoms with Crippen LogP contribution in [-0.2, 0) is 32.6 Å². The Bertz CT molecular complexity index is 1510. The number of halogens is 3. The van der Waals surface area contributed by atoms with E-state index in [-0.39, 0.29) is 30.6 Å². The van der Waals surface area contributed by atoms with Crippen LogP contribution in [0.3, 0.4) is 0 Å². The van der Waals surface area contributed by atoms with E-state index in [9.17, 15) is 18.0 Å². The fourth-order valence-electron chi connectivity index (χ4n) is 5.22. The lowest BCUT2D eigenvalue weighted by atomic mass is 10.0. The molecule has 3 aromatic rings. The molecule has 1 atom stereocenters. The van der Waals surface area contributed by atoms with Gasteiger partial charge in [0.05, 0.1) is 11.9 Å². The minimum Gasteiger partial charge on any atom is -0.352 e. The van der Waals surface area contributed by atoms with Gasteiger partial charge < -0.3 is 10.2 Å². The molecule has 3 aromatic carbocycles. The molecule has 4 rings (SSSR count). The number of rotatable bonds is 11. The summed E-state index contributed by atoms with van der Waals surface area (Å²) in [6.07, 6.45) is 5.02. The molecule has 0 aliphatic heterocycles. The molecule has 0 aromatic heterocycles. The Kier molecular flexibility index (Phi) is 10.8. The average Bonchev–Trinajstić information content (AvgIpc) is 3.45. The highest BCUT2D eigenvalue weighted by Gasteiger charge is 2.35. The van der Waals surface area contributed by atoms with E-state index in [1.165, 1.54) is 11.0 Å². The highest BCUT2D eigenvalue weighted by Crippen LogP contribution is 2.30. The summed E-state index contributed by atoms with van der Waals surface area (Å²) in [7, 11) is -3.92. The lowest BCUT2D eigenvalue weighted by molar-refractivity contribution is -0.140. The van der Waals surface area contributed by atoms with Crippen molar-refractivity contribution >= 4 is 62.3 Å². The topological polar surface area (TPSA) is 86.8 Å². The van der Waals surface area contributed by atoms with Crippen molar-refractivity contribution in [2.24, 2.45) is 0 Å². The van der Waals surface area contributed by atoms with E-state index in [0.29, 0.717) is 26.2 Å². The van der Waals surface area contributed by atoms with Crippen LogP contribution >= 0.6 is 34.8 Å². The SMILES string of the molecule is Cc1ccc(Cl)cc1N(CC(=O)N(Cc1c(Cl)cccc1Cl)[C@@H](Cc1ccccc1)C(=O)NC1CCCC1)S(C)(=O)=O. The number of benzene rings is 3. The predicted octanol–water partition coefficient (Wildman–Crippen LogP) is 6.42. The number of nitrogens with zero attached hydrogens (tertiary/aromatic N) is 2. The van der Waals surface area contributed by atoms with Gasteiger partial charge >= 0.3 is 0 Å². The Labute approximate surface area is 262 Å². The summed E-state index contributed by atoms with van der Waals surface area (Å²) in [5.41, 5.74) is 2.21. The zero-order chi connectivity index (χ0) is 30.4. The van der Waals surface area contributed by atoms with Crippen molar-refractivity contribution in [2.45, 2.75) is 57.7 Å². The molecule has 0 spiro atoms. The van der Waals surface area contributed by atoms with Gasteiger partial charge in [0, 0.05) is 39.6 Å². The molecule has 1 aliphatic carbocycles. The van der Waals surface area contributed by atoms with Gasteiger partial charge in [0.15, 0.2) is 0 Å². The molecule has 0 heterocycles. The van der Waals surface area contributed by atoms with Crippen molar-refractivity contribution < 1.29 is 18.0 Å². The van der Waals surface area contributed by atoms with Gasteiger partial charge in [-0.05, 0) is 55.2 Å². The largest absolute Gasteiger partial charge is 0.352 e. The number of nitrogens with one attached hydrogen (secondary N) is 1. The number of aryl methyl sites for hydroxylation is 1. The summed E-state index contributed by atoms with van der Waals surface area (Å²) in [5, 5.41) is 4.13. The Balaban J connectivity index is 1.78. The van der Waals surface area contributed by atoms with Crippen molar-refractivity contribution in [3.05, 3.63) is 98.5 Å². The van der Waals surface area contributed by atoms with E-state index in [1.54, 1.807) is 37.3 Å². The number of hydrogen-bond acceptors (Lipinski definition) is 4. The Morgan fingerprint density at radius 3 is 2.21 bits per heavy atom. The number of carbonyl (C=O) groups is 2. The van der Waals surface area contributed by atoms with E-state index in [0.717, 1.165) is 41.8 Å². The van der Waals surface area contributed by atoms with Crippen LogP contribution in [0, 0.1) is 6.92 Å². The van der Waals surface area contributed by atoms with E-state index < -0.39 is 28.5 Å². The molecular weight excluding hydrogens is 617 g/mol. The summed E-state index contributed by atoms with van der Waals surface area (Å²) < 4.78 is 27.1. The van der Waals surface area contributed by atoms with Crippen LogP contribution in [0.15, 0.2) is 66.7 Å². The molecule has 0 bridgehead atoms. The molecule has 2 amide bonds. The molecule has 42 heavy (non-hydrogen) atoms. The van der Waals surface area contributed by atoms with E-state index >= 15 is 0 Å². The number of hydrogen-bond donors (Lipinski definition) is 1. The molecule has 11 heteroatoms. The van der Waals surface area contributed by atoms with Crippen LogP contribution in [0.1, 0.15) is 42.4 Å². The number of sulfonamides is 1. The monoisotopic (exact) mass is 649 g/mol. The standard InChI is InChI=1S/C31H34Cl3N3O4S/c1-21-15-16-23(32)18-28(21)37(42(2,40)41)20-30(38)36(19-25-26(33)13-8-14-27(25)34)29(17-22-9-4-3-5-10-22)31(39)35-24-11-6-7-12-24/h3-5,8-10,13-16,18,24,29H,6-7,11-12,17,19-20H2,1-2H3,(H,35,39)/t29-/m0/s1.